The molecular weight excluding hydrogens is 305 g/mol. The van der Waals surface area contributed by atoms with Gasteiger partial charge in [0.05, 0.1) is 3.57 Å². The topological polar surface area (TPSA) is 47.0 Å². The van der Waals surface area contributed by atoms with Gasteiger partial charge in [0.2, 0.25) is 0 Å². The molecule has 1 aromatic heterocycles. The first-order valence-electron chi connectivity index (χ1n) is 5.00. The number of nitrogens with zero attached hydrogens (tertiary/aromatic N) is 2. The quantitative estimate of drug-likeness (QED) is 0.849. The number of ether oxygens (including phenoxy) is 1. The number of halogens is 1. The van der Waals surface area contributed by atoms with Crippen LogP contribution in [0.15, 0.2) is 6.20 Å². The molecule has 1 N–H and O–H groups in total. The highest BCUT2D eigenvalue weighted by Crippen LogP contribution is 2.34. The van der Waals surface area contributed by atoms with Gasteiger partial charge in [0.25, 0.3) is 0 Å². The lowest BCUT2D eigenvalue weighted by atomic mass is 10.0. The van der Waals surface area contributed by atoms with Crippen molar-refractivity contribution in [3.8, 4) is 0 Å². The average Bonchev–Trinajstić information content (AvgIpc) is 2.67. The molecule has 1 aromatic rings. The maximum absolute atomic E-state index is 5.71. The van der Waals surface area contributed by atoms with Crippen molar-refractivity contribution in [2.45, 2.75) is 25.4 Å². The Hall–Kier alpha value is -0.430. The molecule has 1 unspecified atom stereocenters. The molecule has 2 rings (SSSR count). The van der Waals surface area contributed by atoms with Crippen molar-refractivity contribution in [3.05, 3.63) is 15.6 Å². The third kappa shape index (κ3) is 2.08. The van der Waals surface area contributed by atoms with Crippen molar-refractivity contribution in [3.63, 3.8) is 0 Å². The molecule has 2 heterocycles. The molecule has 0 saturated carbocycles. The summed E-state index contributed by atoms with van der Waals surface area (Å²) in [7, 11) is 1.87. The highest BCUT2D eigenvalue weighted by molar-refractivity contribution is 14.1. The summed E-state index contributed by atoms with van der Waals surface area (Å²) in [6.07, 6.45) is 3.92. The van der Waals surface area contributed by atoms with E-state index in [1.54, 1.807) is 0 Å². The highest BCUT2D eigenvalue weighted by Gasteiger charge is 2.35. The van der Waals surface area contributed by atoms with Crippen molar-refractivity contribution in [2.75, 3.05) is 19.0 Å². The van der Waals surface area contributed by atoms with Gasteiger partial charge in [-0.25, -0.2) is 9.97 Å². The third-order valence-electron chi connectivity index (χ3n) is 2.67. The fourth-order valence-electron chi connectivity index (χ4n) is 1.75. The van der Waals surface area contributed by atoms with Gasteiger partial charge >= 0.3 is 0 Å². The summed E-state index contributed by atoms with van der Waals surface area (Å²) in [5, 5.41) is 3.06. The Bertz CT molecular complexity index is 364. The van der Waals surface area contributed by atoms with E-state index in [9.17, 15) is 0 Å². The second-order valence-corrected chi connectivity index (χ2v) is 4.99. The molecule has 4 nitrogen and oxygen atoms in total. The molecule has 5 heteroatoms. The van der Waals surface area contributed by atoms with Gasteiger partial charge in [-0.1, -0.05) is 0 Å². The van der Waals surface area contributed by atoms with Crippen LogP contribution in [0.3, 0.4) is 0 Å². The molecule has 1 fully saturated rings. The molecule has 82 valence electrons. The van der Waals surface area contributed by atoms with Crippen LogP contribution in [0.4, 0.5) is 5.82 Å². The number of anilines is 1. The fourth-order valence-corrected chi connectivity index (χ4v) is 2.28. The molecule has 15 heavy (non-hydrogen) atoms. The summed E-state index contributed by atoms with van der Waals surface area (Å²) in [5.74, 6) is 1.65. The Morgan fingerprint density at radius 3 is 3.00 bits per heavy atom. The standard InChI is InChI=1S/C10H14IN3O/c1-10(4-3-5-15-10)9-13-6-7(11)8(12-2)14-9/h6H,3-5H2,1-2H3,(H,12,13,14). The minimum atomic E-state index is -0.296. The van der Waals surface area contributed by atoms with Gasteiger partial charge in [0.1, 0.15) is 11.4 Å². The van der Waals surface area contributed by atoms with Gasteiger partial charge in [-0.2, -0.15) is 0 Å². The minimum absolute atomic E-state index is 0.296. The van der Waals surface area contributed by atoms with Crippen LogP contribution in [-0.4, -0.2) is 23.6 Å². The smallest absolute Gasteiger partial charge is 0.162 e. The van der Waals surface area contributed by atoms with Crippen LogP contribution in [0.5, 0.6) is 0 Å². The Kier molecular flexibility index (Phi) is 3.11. The van der Waals surface area contributed by atoms with E-state index in [-0.39, 0.29) is 5.60 Å². The van der Waals surface area contributed by atoms with Gasteiger partial charge in [-0.15, -0.1) is 0 Å². The molecule has 0 spiro atoms. The van der Waals surface area contributed by atoms with Crippen LogP contribution < -0.4 is 5.32 Å². The minimum Gasteiger partial charge on any atom is -0.372 e. The van der Waals surface area contributed by atoms with Crippen LogP contribution in [0.1, 0.15) is 25.6 Å². The lowest BCUT2D eigenvalue weighted by Crippen LogP contribution is -2.24. The summed E-state index contributed by atoms with van der Waals surface area (Å²) in [4.78, 5) is 8.85. The first-order chi connectivity index (χ1) is 7.15. The molecule has 0 bridgehead atoms. The largest absolute Gasteiger partial charge is 0.372 e. The number of hydrogen-bond donors (Lipinski definition) is 1. The summed E-state index contributed by atoms with van der Waals surface area (Å²) in [5.41, 5.74) is -0.296. The van der Waals surface area contributed by atoms with Crippen LogP contribution in [0.2, 0.25) is 0 Å². The number of nitrogens with one attached hydrogen (secondary N) is 1. The van der Waals surface area contributed by atoms with E-state index in [4.69, 9.17) is 4.74 Å². The van der Waals surface area contributed by atoms with E-state index in [0.717, 1.165) is 34.7 Å². The fraction of sp³-hybridized carbons (Fsp3) is 0.600. The van der Waals surface area contributed by atoms with E-state index in [2.05, 4.69) is 44.8 Å². The molecule has 0 aromatic carbocycles. The van der Waals surface area contributed by atoms with Crippen LogP contribution >= 0.6 is 22.6 Å². The Morgan fingerprint density at radius 2 is 2.40 bits per heavy atom. The number of hydrogen-bond acceptors (Lipinski definition) is 4. The zero-order valence-electron chi connectivity index (χ0n) is 8.88. The third-order valence-corrected chi connectivity index (χ3v) is 3.46. The molecule has 1 aliphatic heterocycles. The summed E-state index contributed by atoms with van der Waals surface area (Å²) in [6, 6.07) is 0. The predicted molar refractivity (Wildman–Crippen MR) is 66.8 cm³/mol. The molecule has 1 aliphatic rings. The van der Waals surface area contributed by atoms with Crippen molar-refractivity contribution < 1.29 is 4.74 Å². The zero-order valence-corrected chi connectivity index (χ0v) is 11.0. The second-order valence-electron chi connectivity index (χ2n) is 3.82. The van der Waals surface area contributed by atoms with Gasteiger partial charge < -0.3 is 10.1 Å². The molecule has 0 amide bonds. The Labute approximate surface area is 103 Å². The monoisotopic (exact) mass is 319 g/mol. The Morgan fingerprint density at radius 1 is 1.60 bits per heavy atom. The summed E-state index contributed by atoms with van der Waals surface area (Å²) < 4.78 is 6.74. The van der Waals surface area contributed by atoms with E-state index >= 15 is 0 Å². The lowest BCUT2D eigenvalue weighted by Gasteiger charge is -2.21. The first kappa shape index (κ1) is 11.1. The van der Waals surface area contributed by atoms with E-state index < -0.39 is 0 Å². The SMILES string of the molecule is CNc1nc(C2(C)CCCO2)ncc1I. The van der Waals surface area contributed by atoms with Gasteiger partial charge in [0.15, 0.2) is 5.82 Å². The average molecular weight is 319 g/mol. The Balaban J connectivity index is 2.36. The summed E-state index contributed by atoms with van der Waals surface area (Å²) in [6.45, 7) is 2.86. The van der Waals surface area contributed by atoms with Gasteiger partial charge in [-0.05, 0) is 42.4 Å². The molecule has 0 radical (unpaired) electrons. The molecule has 1 atom stereocenters. The van der Waals surface area contributed by atoms with E-state index in [0.29, 0.717) is 0 Å². The first-order valence-corrected chi connectivity index (χ1v) is 6.08. The lowest BCUT2D eigenvalue weighted by molar-refractivity contribution is 0.00940. The van der Waals surface area contributed by atoms with Crippen molar-refractivity contribution >= 4 is 28.4 Å². The maximum Gasteiger partial charge on any atom is 0.162 e. The van der Waals surface area contributed by atoms with Gasteiger partial charge in [0, 0.05) is 19.9 Å². The van der Waals surface area contributed by atoms with Crippen molar-refractivity contribution in [1.29, 1.82) is 0 Å². The van der Waals surface area contributed by atoms with Gasteiger partial charge in [-0.3, -0.25) is 0 Å². The second kappa shape index (κ2) is 4.21. The van der Waals surface area contributed by atoms with Crippen LogP contribution in [-0.2, 0) is 10.3 Å². The molecule has 0 aliphatic carbocycles. The van der Waals surface area contributed by atoms with Crippen LogP contribution in [0.25, 0.3) is 0 Å². The normalized spacial score (nSPS) is 25.5. The molecular formula is C10H14IN3O. The zero-order chi connectivity index (χ0) is 10.9. The van der Waals surface area contributed by atoms with Crippen molar-refractivity contribution in [2.24, 2.45) is 0 Å². The summed E-state index contributed by atoms with van der Waals surface area (Å²) >= 11 is 2.22. The number of rotatable bonds is 2. The maximum atomic E-state index is 5.71. The predicted octanol–water partition coefficient (Wildman–Crippen LogP) is 2.15. The van der Waals surface area contributed by atoms with E-state index in [1.807, 2.05) is 13.2 Å². The number of aromatic nitrogens is 2. The molecule has 1 saturated heterocycles. The van der Waals surface area contributed by atoms with Crippen LogP contribution in [0, 0.1) is 3.57 Å². The van der Waals surface area contributed by atoms with E-state index in [1.165, 1.54) is 0 Å². The van der Waals surface area contributed by atoms with Crippen molar-refractivity contribution in [1.82, 2.24) is 9.97 Å². The highest BCUT2D eigenvalue weighted by atomic mass is 127.